The van der Waals surface area contributed by atoms with E-state index < -0.39 is 4.92 Å². The van der Waals surface area contributed by atoms with E-state index in [-0.39, 0.29) is 11.2 Å². The summed E-state index contributed by atoms with van der Waals surface area (Å²) in [6, 6.07) is 3.25. The van der Waals surface area contributed by atoms with Gasteiger partial charge in [-0.3, -0.25) is 10.1 Å². The second-order valence-corrected chi connectivity index (χ2v) is 2.62. The number of hydrogen-bond donors (Lipinski definition) is 0. The van der Waals surface area contributed by atoms with Crippen molar-refractivity contribution in [1.82, 2.24) is 10.3 Å². The van der Waals surface area contributed by atoms with Gasteiger partial charge in [-0.05, 0) is 23.3 Å². The summed E-state index contributed by atoms with van der Waals surface area (Å²) >= 11 is 0. The molecule has 0 radical (unpaired) electrons. The number of fused-ring (bicyclic) bond motifs is 1. The van der Waals surface area contributed by atoms with Crippen LogP contribution in [0.2, 0.25) is 0 Å². The van der Waals surface area contributed by atoms with Gasteiger partial charge in [-0.1, -0.05) is 6.07 Å². The monoisotopic (exact) mass is 179 g/mol. The number of nitrogens with zero attached hydrogens (tertiary/aromatic N) is 3. The molecule has 1 aromatic carbocycles. The smallest absolute Gasteiger partial charge is 0.258 e. The van der Waals surface area contributed by atoms with Crippen LogP contribution in [0, 0.1) is 17.0 Å². The van der Waals surface area contributed by atoms with Gasteiger partial charge in [0, 0.05) is 5.56 Å². The third kappa shape index (κ3) is 1.03. The van der Waals surface area contributed by atoms with Crippen LogP contribution in [0.5, 0.6) is 0 Å². The molecule has 0 aliphatic carbocycles. The van der Waals surface area contributed by atoms with E-state index >= 15 is 0 Å². The number of rotatable bonds is 1. The van der Waals surface area contributed by atoms with Gasteiger partial charge in [0.1, 0.15) is 5.52 Å². The van der Waals surface area contributed by atoms with Gasteiger partial charge in [-0.15, -0.1) is 0 Å². The first-order valence-electron chi connectivity index (χ1n) is 3.56. The van der Waals surface area contributed by atoms with Crippen molar-refractivity contribution >= 4 is 16.7 Å². The van der Waals surface area contributed by atoms with Crippen LogP contribution < -0.4 is 0 Å². The summed E-state index contributed by atoms with van der Waals surface area (Å²) in [5.74, 6) is 0. The zero-order chi connectivity index (χ0) is 9.42. The quantitative estimate of drug-likeness (QED) is 0.488. The SMILES string of the molecule is Cc1ccc2nonc2c1[N+](=O)[O-]. The third-order valence-electron chi connectivity index (χ3n) is 1.79. The molecular formula is C7H5N3O3. The van der Waals surface area contributed by atoms with Gasteiger partial charge >= 0.3 is 5.69 Å². The van der Waals surface area contributed by atoms with E-state index in [2.05, 4.69) is 14.9 Å². The zero-order valence-corrected chi connectivity index (χ0v) is 6.72. The topological polar surface area (TPSA) is 82.1 Å². The molecule has 6 nitrogen and oxygen atoms in total. The summed E-state index contributed by atoms with van der Waals surface area (Å²) in [6.45, 7) is 1.65. The minimum Gasteiger partial charge on any atom is -0.258 e. The van der Waals surface area contributed by atoms with Crippen molar-refractivity contribution in [3.05, 3.63) is 27.8 Å². The maximum absolute atomic E-state index is 10.6. The Morgan fingerprint density at radius 1 is 1.46 bits per heavy atom. The number of nitro groups is 1. The highest BCUT2D eigenvalue weighted by Crippen LogP contribution is 2.25. The van der Waals surface area contributed by atoms with E-state index in [1.54, 1.807) is 19.1 Å². The maximum atomic E-state index is 10.6. The van der Waals surface area contributed by atoms with E-state index in [0.717, 1.165) is 0 Å². The second kappa shape index (κ2) is 2.51. The molecule has 0 unspecified atom stereocenters. The van der Waals surface area contributed by atoms with Gasteiger partial charge < -0.3 is 0 Å². The molecule has 13 heavy (non-hydrogen) atoms. The van der Waals surface area contributed by atoms with Crippen LogP contribution in [-0.4, -0.2) is 15.2 Å². The van der Waals surface area contributed by atoms with E-state index in [9.17, 15) is 10.1 Å². The lowest BCUT2D eigenvalue weighted by Crippen LogP contribution is -1.92. The van der Waals surface area contributed by atoms with E-state index in [4.69, 9.17) is 0 Å². The van der Waals surface area contributed by atoms with Crippen LogP contribution >= 0.6 is 0 Å². The lowest BCUT2D eigenvalue weighted by molar-refractivity contribution is -0.383. The number of aromatic nitrogens is 2. The number of aryl methyl sites for hydroxylation is 1. The second-order valence-electron chi connectivity index (χ2n) is 2.62. The summed E-state index contributed by atoms with van der Waals surface area (Å²) < 4.78 is 4.41. The van der Waals surface area contributed by atoms with Crippen molar-refractivity contribution in [2.75, 3.05) is 0 Å². The van der Waals surface area contributed by atoms with E-state index in [1.807, 2.05) is 0 Å². The Kier molecular flexibility index (Phi) is 1.48. The molecule has 1 heterocycles. The lowest BCUT2D eigenvalue weighted by Gasteiger charge is -1.94. The fourth-order valence-corrected chi connectivity index (χ4v) is 1.17. The Balaban J connectivity index is 2.88. The summed E-state index contributed by atoms with van der Waals surface area (Å²) in [7, 11) is 0. The van der Waals surface area contributed by atoms with Gasteiger partial charge in [0.15, 0.2) is 0 Å². The Morgan fingerprint density at radius 2 is 2.23 bits per heavy atom. The van der Waals surface area contributed by atoms with E-state index in [0.29, 0.717) is 11.1 Å². The highest BCUT2D eigenvalue weighted by molar-refractivity contribution is 5.84. The van der Waals surface area contributed by atoms with Crippen LogP contribution in [0.15, 0.2) is 16.8 Å². The summed E-state index contributed by atoms with van der Waals surface area (Å²) in [6.07, 6.45) is 0. The normalized spacial score (nSPS) is 10.5. The molecule has 0 fully saturated rings. The minimum atomic E-state index is -0.484. The van der Waals surface area contributed by atoms with Crippen molar-refractivity contribution in [2.24, 2.45) is 0 Å². The largest absolute Gasteiger partial charge is 0.303 e. The molecule has 2 aromatic rings. The van der Waals surface area contributed by atoms with Gasteiger partial charge in [0.2, 0.25) is 5.52 Å². The van der Waals surface area contributed by atoms with Crippen LogP contribution in [0.25, 0.3) is 11.0 Å². The predicted octanol–water partition coefficient (Wildman–Crippen LogP) is 1.44. The number of benzene rings is 1. The first kappa shape index (κ1) is 7.66. The number of nitro benzene ring substituents is 1. The molecule has 66 valence electrons. The zero-order valence-electron chi connectivity index (χ0n) is 6.72. The fourth-order valence-electron chi connectivity index (χ4n) is 1.17. The highest BCUT2D eigenvalue weighted by atomic mass is 16.6. The lowest BCUT2D eigenvalue weighted by atomic mass is 10.2. The van der Waals surface area contributed by atoms with E-state index in [1.165, 1.54) is 0 Å². The minimum absolute atomic E-state index is 0.0428. The summed E-state index contributed by atoms with van der Waals surface area (Å²) in [4.78, 5) is 10.1. The predicted molar refractivity (Wildman–Crippen MR) is 43.2 cm³/mol. The van der Waals surface area contributed by atoms with Crippen molar-refractivity contribution in [3.63, 3.8) is 0 Å². The van der Waals surface area contributed by atoms with Gasteiger partial charge in [0.25, 0.3) is 0 Å². The summed E-state index contributed by atoms with van der Waals surface area (Å²) in [5.41, 5.74) is 1.11. The average Bonchev–Trinajstić information content (AvgIpc) is 2.50. The molecule has 6 heteroatoms. The molecule has 0 aliphatic rings. The molecule has 0 bridgehead atoms. The van der Waals surface area contributed by atoms with Gasteiger partial charge in [-0.2, -0.15) is 0 Å². The van der Waals surface area contributed by atoms with Crippen molar-refractivity contribution < 1.29 is 9.55 Å². The molecule has 1 aromatic heterocycles. The Morgan fingerprint density at radius 3 is 2.92 bits per heavy atom. The van der Waals surface area contributed by atoms with Crippen LogP contribution in [0.3, 0.4) is 0 Å². The standard InChI is InChI=1S/C7H5N3O3/c1-4-2-3-5-6(9-13-8-5)7(4)10(11)12/h2-3H,1H3. The van der Waals surface area contributed by atoms with Gasteiger partial charge in [0.05, 0.1) is 4.92 Å². The van der Waals surface area contributed by atoms with Crippen LogP contribution in [0.4, 0.5) is 5.69 Å². The number of hydrogen-bond acceptors (Lipinski definition) is 5. The molecule has 0 N–H and O–H groups in total. The maximum Gasteiger partial charge on any atom is 0.303 e. The van der Waals surface area contributed by atoms with Crippen molar-refractivity contribution in [2.45, 2.75) is 6.92 Å². The van der Waals surface area contributed by atoms with Crippen molar-refractivity contribution in [3.8, 4) is 0 Å². The molecule has 0 saturated carbocycles. The Hall–Kier alpha value is -1.98. The van der Waals surface area contributed by atoms with Crippen molar-refractivity contribution in [1.29, 1.82) is 0 Å². The fraction of sp³-hybridized carbons (Fsp3) is 0.143. The highest BCUT2D eigenvalue weighted by Gasteiger charge is 2.19. The average molecular weight is 179 g/mol. The third-order valence-corrected chi connectivity index (χ3v) is 1.79. The Labute approximate surface area is 72.3 Å². The molecule has 0 atom stereocenters. The molecule has 0 spiro atoms. The van der Waals surface area contributed by atoms with Gasteiger partial charge in [-0.25, -0.2) is 4.63 Å². The Bertz CT molecular complexity index is 477. The molecule has 0 saturated heterocycles. The van der Waals surface area contributed by atoms with Crippen LogP contribution in [0.1, 0.15) is 5.56 Å². The molecule has 2 rings (SSSR count). The molecule has 0 aliphatic heterocycles. The first-order chi connectivity index (χ1) is 6.20. The first-order valence-corrected chi connectivity index (χ1v) is 3.56. The molecule has 0 amide bonds. The van der Waals surface area contributed by atoms with Crippen LogP contribution in [-0.2, 0) is 0 Å². The summed E-state index contributed by atoms with van der Waals surface area (Å²) in [5, 5.41) is 17.6. The molecular weight excluding hydrogens is 174 g/mol.